The summed E-state index contributed by atoms with van der Waals surface area (Å²) in [6, 6.07) is 7.22. The van der Waals surface area contributed by atoms with E-state index in [1.165, 1.54) is 18.2 Å². The number of rotatable bonds is 3. The SMILES string of the molecule is CC1CC(C)CN(C(=O)CSc2nc3ccccc3c(=O)[nH]2)C1. The van der Waals surface area contributed by atoms with Crippen LogP contribution in [0.1, 0.15) is 20.3 Å². The van der Waals surface area contributed by atoms with Crippen LogP contribution in [0.15, 0.2) is 34.2 Å². The van der Waals surface area contributed by atoms with E-state index in [2.05, 4.69) is 23.8 Å². The minimum absolute atomic E-state index is 0.115. The van der Waals surface area contributed by atoms with Gasteiger partial charge in [0.25, 0.3) is 5.56 Å². The van der Waals surface area contributed by atoms with E-state index in [1.54, 1.807) is 6.07 Å². The van der Waals surface area contributed by atoms with Crippen LogP contribution in [0.4, 0.5) is 0 Å². The highest BCUT2D eigenvalue weighted by Crippen LogP contribution is 2.22. The van der Waals surface area contributed by atoms with Crippen molar-refractivity contribution in [2.45, 2.75) is 25.4 Å². The van der Waals surface area contributed by atoms with Gasteiger partial charge in [0.15, 0.2) is 5.16 Å². The van der Waals surface area contributed by atoms with Gasteiger partial charge in [0, 0.05) is 13.1 Å². The maximum Gasteiger partial charge on any atom is 0.259 e. The van der Waals surface area contributed by atoms with Crippen molar-refractivity contribution in [1.82, 2.24) is 14.9 Å². The number of likely N-dealkylation sites (tertiary alicyclic amines) is 1. The van der Waals surface area contributed by atoms with Crippen molar-refractivity contribution >= 4 is 28.6 Å². The van der Waals surface area contributed by atoms with Crippen LogP contribution in [0.5, 0.6) is 0 Å². The van der Waals surface area contributed by atoms with E-state index < -0.39 is 0 Å². The zero-order valence-corrected chi connectivity index (χ0v) is 14.2. The maximum atomic E-state index is 12.4. The molecule has 5 nitrogen and oxygen atoms in total. The first kappa shape index (κ1) is 16.1. The van der Waals surface area contributed by atoms with E-state index in [1.807, 2.05) is 23.1 Å². The van der Waals surface area contributed by atoms with Crippen molar-refractivity contribution in [3.63, 3.8) is 0 Å². The molecule has 1 fully saturated rings. The molecular weight excluding hydrogens is 310 g/mol. The molecular formula is C17H21N3O2S. The lowest BCUT2D eigenvalue weighted by Crippen LogP contribution is -2.43. The summed E-state index contributed by atoms with van der Waals surface area (Å²) in [4.78, 5) is 33.5. The Hall–Kier alpha value is -1.82. The van der Waals surface area contributed by atoms with Crippen LogP contribution in [-0.2, 0) is 4.79 Å². The highest BCUT2D eigenvalue weighted by atomic mass is 32.2. The predicted molar refractivity (Wildman–Crippen MR) is 92.6 cm³/mol. The van der Waals surface area contributed by atoms with E-state index in [0.29, 0.717) is 33.6 Å². The molecule has 23 heavy (non-hydrogen) atoms. The highest BCUT2D eigenvalue weighted by molar-refractivity contribution is 7.99. The molecule has 1 aliphatic heterocycles. The second kappa shape index (κ2) is 6.74. The zero-order chi connectivity index (χ0) is 16.4. The van der Waals surface area contributed by atoms with Crippen LogP contribution in [0.3, 0.4) is 0 Å². The Kier molecular flexibility index (Phi) is 4.71. The standard InChI is InChI=1S/C17H21N3O2S/c1-11-7-12(2)9-20(8-11)15(21)10-23-17-18-14-6-4-3-5-13(14)16(22)19-17/h3-6,11-12H,7-10H2,1-2H3,(H,18,19,22). The summed E-state index contributed by atoms with van der Waals surface area (Å²) in [6.07, 6.45) is 1.18. The zero-order valence-electron chi connectivity index (χ0n) is 13.4. The Bertz CT molecular complexity index is 764. The van der Waals surface area contributed by atoms with E-state index >= 15 is 0 Å². The number of para-hydroxylation sites is 1. The Morgan fingerprint density at radius 3 is 2.74 bits per heavy atom. The van der Waals surface area contributed by atoms with E-state index in [-0.39, 0.29) is 11.5 Å². The maximum absolute atomic E-state index is 12.4. The van der Waals surface area contributed by atoms with Crippen LogP contribution < -0.4 is 5.56 Å². The van der Waals surface area contributed by atoms with Gasteiger partial charge in [-0.1, -0.05) is 37.7 Å². The third kappa shape index (κ3) is 3.75. The van der Waals surface area contributed by atoms with Gasteiger partial charge in [0.1, 0.15) is 0 Å². The molecule has 1 aliphatic rings. The molecule has 1 amide bonds. The molecule has 1 N–H and O–H groups in total. The molecule has 1 saturated heterocycles. The Labute approximate surface area is 139 Å². The second-order valence-electron chi connectivity index (χ2n) is 6.42. The topological polar surface area (TPSA) is 66.1 Å². The van der Waals surface area contributed by atoms with Crippen molar-refractivity contribution in [2.24, 2.45) is 11.8 Å². The molecule has 0 saturated carbocycles. The van der Waals surface area contributed by atoms with Crippen LogP contribution in [-0.4, -0.2) is 39.6 Å². The Morgan fingerprint density at radius 2 is 2.00 bits per heavy atom. The van der Waals surface area contributed by atoms with E-state index in [0.717, 1.165) is 13.1 Å². The monoisotopic (exact) mass is 331 g/mol. The summed E-state index contributed by atoms with van der Waals surface area (Å²) in [5.74, 6) is 1.52. The largest absolute Gasteiger partial charge is 0.341 e. The van der Waals surface area contributed by atoms with Crippen LogP contribution >= 0.6 is 11.8 Å². The quantitative estimate of drug-likeness (QED) is 0.693. The molecule has 0 spiro atoms. The van der Waals surface area contributed by atoms with Crippen LogP contribution in [0.25, 0.3) is 10.9 Å². The fourth-order valence-electron chi connectivity index (χ4n) is 3.22. The number of nitrogens with one attached hydrogen (secondary N) is 1. The highest BCUT2D eigenvalue weighted by Gasteiger charge is 2.25. The number of H-pyrrole nitrogens is 1. The van der Waals surface area contributed by atoms with E-state index in [9.17, 15) is 9.59 Å². The average molecular weight is 331 g/mol. The fourth-order valence-corrected chi connectivity index (χ4v) is 3.99. The number of amides is 1. The fraction of sp³-hybridized carbons (Fsp3) is 0.471. The third-order valence-corrected chi connectivity index (χ3v) is 5.00. The molecule has 2 heterocycles. The van der Waals surface area contributed by atoms with Gasteiger partial charge < -0.3 is 9.88 Å². The number of fused-ring (bicyclic) bond motifs is 1. The molecule has 2 unspecified atom stereocenters. The number of carbonyl (C=O) groups excluding carboxylic acids is 1. The van der Waals surface area contributed by atoms with Crippen LogP contribution in [0, 0.1) is 11.8 Å². The Morgan fingerprint density at radius 1 is 1.30 bits per heavy atom. The van der Waals surface area contributed by atoms with Gasteiger partial charge in [0.05, 0.1) is 16.7 Å². The lowest BCUT2D eigenvalue weighted by Gasteiger charge is -2.34. The number of carbonyl (C=O) groups is 1. The molecule has 3 rings (SSSR count). The molecule has 0 aliphatic carbocycles. The summed E-state index contributed by atoms with van der Waals surface area (Å²) in [5, 5.41) is 1.07. The van der Waals surface area contributed by atoms with Crippen molar-refractivity contribution in [1.29, 1.82) is 0 Å². The number of hydrogen-bond donors (Lipinski definition) is 1. The lowest BCUT2D eigenvalue weighted by molar-refractivity contribution is -0.130. The predicted octanol–water partition coefficient (Wildman–Crippen LogP) is 2.52. The molecule has 1 aromatic heterocycles. The number of hydrogen-bond acceptors (Lipinski definition) is 4. The summed E-state index contributed by atoms with van der Waals surface area (Å²) in [5.41, 5.74) is 0.497. The van der Waals surface area contributed by atoms with Gasteiger partial charge in [-0.15, -0.1) is 0 Å². The Balaban J connectivity index is 1.68. The van der Waals surface area contributed by atoms with Gasteiger partial charge in [-0.3, -0.25) is 9.59 Å². The minimum Gasteiger partial charge on any atom is -0.341 e. The molecule has 2 aromatic rings. The smallest absolute Gasteiger partial charge is 0.259 e. The summed E-state index contributed by atoms with van der Waals surface area (Å²) in [7, 11) is 0. The van der Waals surface area contributed by atoms with Crippen LogP contribution in [0.2, 0.25) is 0 Å². The number of aromatic amines is 1. The minimum atomic E-state index is -0.161. The first-order chi connectivity index (χ1) is 11.0. The number of benzene rings is 1. The number of nitrogens with zero attached hydrogens (tertiary/aromatic N) is 2. The van der Waals surface area contributed by atoms with Gasteiger partial charge in [-0.2, -0.15) is 0 Å². The molecule has 2 atom stereocenters. The van der Waals surface area contributed by atoms with Gasteiger partial charge in [-0.25, -0.2) is 4.98 Å². The van der Waals surface area contributed by atoms with Gasteiger partial charge >= 0.3 is 0 Å². The average Bonchev–Trinajstić information content (AvgIpc) is 2.52. The molecule has 0 radical (unpaired) electrons. The number of aromatic nitrogens is 2. The first-order valence-electron chi connectivity index (χ1n) is 7.92. The lowest BCUT2D eigenvalue weighted by atomic mass is 9.92. The summed E-state index contributed by atoms with van der Waals surface area (Å²) < 4.78 is 0. The molecule has 1 aromatic carbocycles. The van der Waals surface area contributed by atoms with Gasteiger partial charge in [0.2, 0.25) is 5.91 Å². The third-order valence-electron chi connectivity index (χ3n) is 4.15. The van der Waals surface area contributed by atoms with E-state index in [4.69, 9.17) is 0 Å². The number of thioether (sulfide) groups is 1. The van der Waals surface area contributed by atoms with Crippen molar-refractivity contribution in [3.8, 4) is 0 Å². The van der Waals surface area contributed by atoms with Crippen molar-refractivity contribution < 1.29 is 4.79 Å². The number of piperidine rings is 1. The summed E-state index contributed by atoms with van der Waals surface area (Å²) in [6.45, 7) is 6.02. The van der Waals surface area contributed by atoms with Crippen molar-refractivity contribution in [3.05, 3.63) is 34.6 Å². The first-order valence-corrected chi connectivity index (χ1v) is 8.91. The molecule has 0 bridgehead atoms. The second-order valence-corrected chi connectivity index (χ2v) is 7.39. The molecule has 122 valence electrons. The normalized spacial score (nSPS) is 21.6. The summed E-state index contributed by atoms with van der Waals surface area (Å²) >= 11 is 1.30. The van der Waals surface area contributed by atoms with Gasteiger partial charge in [-0.05, 0) is 30.4 Å². The molecule has 6 heteroatoms. The van der Waals surface area contributed by atoms with Crippen molar-refractivity contribution in [2.75, 3.05) is 18.8 Å².